The van der Waals surface area contributed by atoms with Gasteiger partial charge in [-0.2, -0.15) is 0 Å². The van der Waals surface area contributed by atoms with Gasteiger partial charge in [0.05, 0.1) is 12.6 Å². The molecule has 136 valence electrons. The second kappa shape index (κ2) is 7.84. The van der Waals surface area contributed by atoms with Gasteiger partial charge in [0.15, 0.2) is 0 Å². The predicted molar refractivity (Wildman–Crippen MR) is 91.9 cm³/mol. The minimum atomic E-state index is -0.481. The maximum atomic E-state index is 12.7. The van der Waals surface area contributed by atoms with Gasteiger partial charge in [0.2, 0.25) is 0 Å². The Labute approximate surface area is 147 Å². The third kappa shape index (κ3) is 3.62. The summed E-state index contributed by atoms with van der Waals surface area (Å²) >= 11 is 0. The number of methoxy groups -OCH3 is 2. The van der Waals surface area contributed by atoms with Crippen LogP contribution in [0.4, 0.5) is 4.79 Å². The molecule has 1 aromatic carbocycles. The highest BCUT2D eigenvalue weighted by Gasteiger charge is 2.53. The molecule has 2 fully saturated rings. The van der Waals surface area contributed by atoms with Gasteiger partial charge >= 0.3 is 6.03 Å². The van der Waals surface area contributed by atoms with E-state index in [-0.39, 0.29) is 23.9 Å². The van der Waals surface area contributed by atoms with Crippen molar-refractivity contribution in [3.8, 4) is 0 Å². The van der Waals surface area contributed by atoms with Crippen molar-refractivity contribution in [3.63, 3.8) is 0 Å². The van der Waals surface area contributed by atoms with E-state index in [9.17, 15) is 9.59 Å². The van der Waals surface area contributed by atoms with E-state index in [0.29, 0.717) is 32.8 Å². The van der Waals surface area contributed by atoms with Gasteiger partial charge in [-0.15, -0.1) is 0 Å². The molecule has 0 spiro atoms. The van der Waals surface area contributed by atoms with Crippen LogP contribution in [0.15, 0.2) is 30.3 Å². The van der Waals surface area contributed by atoms with Crippen molar-refractivity contribution in [1.29, 1.82) is 0 Å². The maximum absolute atomic E-state index is 12.7. The van der Waals surface area contributed by atoms with Crippen molar-refractivity contribution in [2.24, 2.45) is 5.92 Å². The molecule has 2 heterocycles. The van der Waals surface area contributed by atoms with Crippen LogP contribution >= 0.6 is 0 Å². The summed E-state index contributed by atoms with van der Waals surface area (Å²) in [6.45, 7) is 2.55. The van der Waals surface area contributed by atoms with E-state index in [1.807, 2.05) is 35.2 Å². The number of carbonyl (C=O) groups is 2. The normalized spacial score (nSPS) is 25.4. The van der Waals surface area contributed by atoms with E-state index in [0.717, 1.165) is 5.56 Å². The molecule has 0 saturated carbocycles. The Hall–Kier alpha value is -2.12. The molecular weight excluding hydrogens is 322 g/mol. The Balaban J connectivity index is 1.69. The van der Waals surface area contributed by atoms with Crippen molar-refractivity contribution >= 4 is 11.9 Å². The Kier molecular flexibility index (Phi) is 5.55. The molecule has 2 aliphatic heterocycles. The first-order chi connectivity index (χ1) is 12.2. The lowest BCUT2D eigenvalue weighted by atomic mass is 10.0. The molecule has 3 amide bonds. The van der Waals surface area contributed by atoms with Crippen LogP contribution in [0.2, 0.25) is 0 Å². The molecule has 2 saturated heterocycles. The van der Waals surface area contributed by atoms with Crippen LogP contribution < -0.4 is 5.32 Å². The van der Waals surface area contributed by atoms with Crippen molar-refractivity contribution in [2.75, 3.05) is 40.5 Å². The Bertz CT molecular complexity index is 610. The number of nitrogens with one attached hydrogen (secondary N) is 1. The molecule has 7 nitrogen and oxygen atoms in total. The molecule has 0 aliphatic carbocycles. The fraction of sp³-hybridized carbons (Fsp3) is 0.556. The lowest BCUT2D eigenvalue weighted by Gasteiger charge is -2.25. The zero-order valence-electron chi connectivity index (χ0n) is 14.7. The molecule has 3 atom stereocenters. The van der Waals surface area contributed by atoms with Crippen molar-refractivity contribution < 1.29 is 19.1 Å². The smallest absolute Gasteiger partial charge is 0.317 e. The summed E-state index contributed by atoms with van der Waals surface area (Å²) < 4.78 is 10.4. The summed E-state index contributed by atoms with van der Waals surface area (Å²) in [5.74, 6) is 0.0233. The first-order valence-electron chi connectivity index (χ1n) is 8.54. The van der Waals surface area contributed by atoms with E-state index in [4.69, 9.17) is 9.47 Å². The average Bonchev–Trinajstić information content (AvgIpc) is 3.15. The quantitative estimate of drug-likeness (QED) is 0.769. The Morgan fingerprint density at radius 1 is 1.24 bits per heavy atom. The van der Waals surface area contributed by atoms with Crippen molar-refractivity contribution in [3.05, 3.63) is 35.9 Å². The van der Waals surface area contributed by atoms with Gasteiger partial charge in [-0.05, 0) is 5.56 Å². The van der Waals surface area contributed by atoms with E-state index < -0.39 is 6.10 Å². The molecule has 1 N–H and O–H groups in total. The first kappa shape index (κ1) is 17.7. The number of carbonyl (C=O) groups excluding carboxylic acids is 2. The summed E-state index contributed by atoms with van der Waals surface area (Å²) in [4.78, 5) is 28.6. The maximum Gasteiger partial charge on any atom is 0.317 e. The van der Waals surface area contributed by atoms with Crippen LogP contribution in [0.5, 0.6) is 0 Å². The minimum Gasteiger partial charge on any atom is -0.383 e. The van der Waals surface area contributed by atoms with Gasteiger partial charge < -0.3 is 24.6 Å². The third-order valence-corrected chi connectivity index (χ3v) is 4.97. The van der Waals surface area contributed by atoms with Gasteiger partial charge in [-0.1, -0.05) is 30.3 Å². The van der Waals surface area contributed by atoms with Gasteiger partial charge in [0, 0.05) is 46.3 Å². The lowest BCUT2D eigenvalue weighted by Crippen LogP contribution is -2.44. The highest BCUT2D eigenvalue weighted by atomic mass is 16.5. The van der Waals surface area contributed by atoms with Crippen LogP contribution in [0, 0.1) is 5.92 Å². The highest BCUT2D eigenvalue weighted by Crippen LogP contribution is 2.35. The molecule has 0 unspecified atom stereocenters. The largest absolute Gasteiger partial charge is 0.383 e. The van der Waals surface area contributed by atoms with Gasteiger partial charge in [0.25, 0.3) is 5.91 Å². The SMILES string of the molecule is COCCNC(=O)N1C[C@@H]2[C@H](OC)C(=O)N(Cc3ccccc3)[C@@H]2C1. The van der Waals surface area contributed by atoms with Crippen molar-refractivity contribution in [1.82, 2.24) is 15.1 Å². The van der Waals surface area contributed by atoms with Gasteiger partial charge in [0.1, 0.15) is 6.10 Å². The molecule has 1 aromatic rings. The summed E-state index contributed by atoms with van der Waals surface area (Å²) in [6.07, 6.45) is -0.481. The average molecular weight is 347 g/mol. The minimum absolute atomic E-state index is 0.00849. The number of ether oxygens (including phenoxy) is 2. The molecule has 7 heteroatoms. The number of rotatable bonds is 6. The first-order valence-corrected chi connectivity index (χ1v) is 8.54. The van der Waals surface area contributed by atoms with E-state index in [1.54, 1.807) is 19.1 Å². The van der Waals surface area contributed by atoms with Gasteiger partial charge in [-0.25, -0.2) is 4.79 Å². The number of hydrogen-bond donors (Lipinski definition) is 1. The van der Waals surface area contributed by atoms with Crippen LogP contribution in [0.3, 0.4) is 0 Å². The zero-order chi connectivity index (χ0) is 17.8. The summed E-state index contributed by atoms with van der Waals surface area (Å²) in [5, 5.41) is 2.84. The van der Waals surface area contributed by atoms with Crippen molar-refractivity contribution in [2.45, 2.75) is 18.7 Å². The second-order valence-corrected chi connectivity index (χ2v) is 6.47. The lowest BCUT2D eigenvalue weighted by molar-refractivity contribution is -0.138. The fourth-order valence-electron chi connectivity index (χ4n) is 3.74. The summed E-state index contributed by atoms with van der Waals surface area (Å²) in [5.41, 5.74) is 1.08. The molecular formula is C18H25N3O4. The molecule has 0 bridgehead atoms. The number of amides is 3. The second-order valence-electron chi connectivity index (χ2n) is 6.47. The number of fused-ring (bicyclic) bond motifs is 1. The van der Waals surface area contributed by atoms with Gasteiger partial charge in [-0.3, -0.25) is 4.79 Å². The monoisotopic (exact) mass is 347 g/mol. The Morgan fingerprint density at radius 2 is 2.00 bits per heavy atom. The zero-order valence-corrected chi connectivity index (χ0v) is 14.7. The van der Waals surface area contributed by atoms with Crippen LogP contribution in [0.25, 0.3) is 0 Å². The Morgan fingerprint density at radius 3 is 2.68 bits per heavy atom. The standard InChI is InChI=1S/C18H25N3O4/c1-24-9-8-19-18(23)20-11-14-15(12-20)21(17(22)16(14)25-2)10-13-6-4-3-5-7-13/h3-7,14-16H,8-12H2,1-2H3,(H,19,23)/t14-,15+,16-/m0/s1. The van der Waals surface area contributed by atoms with Crippen LogP contribution in [-0.2, 0) is 20.8 Å². The summed E-state index contributed by atoms with van der Waals surface area (Å²) in [6, 6.07) is 9.77. The molecule has 3 rings (SSSR count). The van der Waals surface area contributed by atoms with Crippen LogP contribution in [-0.4, -0.2) is 74.3 Å². The summed E-state index contributed by atoms with van der Waals surface area (Å²) in [7, 11) is 3.16. The fourth-order valence-corrected chi connectivity index (χ4v) is 3.74. The highest BCUT2D eigenvalue weighted by molar-refractivity contribution is 5.85. The number of nitrogens with zero attached hydrogens (tertiary/aromatic N) is 2. The molecule has 0 aromatic heterocycles. The number of likely N-dealkylation sites (tertiary alicyclic amines) is 2. The molecule has 2 aliphatic rings. The number of hydrogen-bond acceptors (Lipinski definition) is 4. The topological polar surface area (TPSA) is 71.1 Å². The molecule has 25 heavy (non-hydrogen) atoms. The number of benzene rings is 1. The van der Waals surface area contributed by atoms with E-state index in [1.165, 1.54) is 0 Å². The predicted octanol–water partition coefficient (Wildman–Crippen LogP) is 0.700. The number of urea groups is 1. The van der Waals surface area contributed by atoms with E-state index in [2.05, 4.69) is 5.32 Å². The van der Waals surface area contributed by atoms with Crippen LogP contribution in [0.1, 0.15) is 5.56 Å². The molecule has 0 radical (unpaired) electrons. The third-order valence-electron chi connectivity index (χ3n) is 4.97. The van der Waals surface area contributed by atoms with E-state index >= 15 is 0 Å².